The Hall–Kier alpha value is -1.32. The number of hydrogen-bond donors (Lipinski definition) is 2. The van der Waals surface area contributed by atoms with Crippen molar-refractivity contribution in [2.75, 3.05) is 6.54 Å². The second kappa shape index (κ2) is 5.34. The minimum Gasteiger partial charge on any atom is -0.344 e. The number of nitrogens with one attached hydrogen (secondary N) is 2. The van der Waals surface area contributed by atoms with Gasteiger partial charge in [-0.15, -0.1) is 0 Å². The van der Waals surface area contributed by atoms with Crippen LogP contribution in [0.2, 0.25) is 5.02 Å². The van der Waals surface area contributed by atoms with Crippen molar-refractivity contribution < 1.29 is 0 Å². The van der Waals surface area contributed by atoms with Gasteiger partial charge in [-0.2, -0.15) is 0 Å². The summed E-state index contributed by atoms with van der Waals surface area (Å²) >= 11 is 5.99. The van der Waals surface area contributed by atoms with E-state index in [2.05, 4.69) is 22.2 Å². The highest BCUT2D eigenvalue weighted by molar-refractivity contribution is 6.30. The van der Waals surface area contributed by atoms with Gasteiger partial charge in [0.25, 0.3) is 0 Å². The average molecular weight is 250 g/mol. The summed E-state index contributed by atoms with van der Waals surface area (Å²) < 4.78 is 0. The second-order valence-electron chi connectivity index (χ2n) is 3.95. The van der Waals surface area contributed by atoms with Crippen molar-refractivity contribution in [2.24, 2.45) is 0 Å². The first-order valence-electron chi connectivity index (χ1n) is 5.73. The molecule has 2 rings (SSSR count). The summed E-state index contributed by atoms with van der Waals surface area (Å²) in [5, 5.41) is 3.98. The zero-order chi connectivity index (χ0) is 12.3. The molecule has 2 N–H and O–H groups in total. The lowest BCUT2D eigenvalue weighted by molar-refractivity contribution is 0.697. The van der Waals surface area contributed by atoms with Crippen LogP contribution >= 0.6 is 11.6 Å². The number of hydrogen-bond acceptors (Lipinski definition) is 2. The van der Waals surface area contributed by atoms with Crippen molar-refractivity contribution in [3.63, 3.8) is 0 Å². The molecule has 0 atom stereocenters. The number of benzene rings is 1. The van der Waals surface area contributed by atoms with Crippen molar-refractivity contribution in [1.82, 2.24) is 15.3 Å². The monoisotopic (exact) mass is 249 g/mol. The normalized spacial score (nSPS) is 10.8. The topological polar surface area (TPSA) is 40.7 Å². The van der Waals surface area contributed by atoms with Gasteiger partial charge >= 0.3 is 0 Å². The number of nitrogens with zero attached hydrogens (tertiary/aromatic N) is 1. The number of rotatable bonds is 4. The van der Waals surface area contributed by atoms with Crippen LogP contribution in [0.25, 0.3) is 11.3 Å². The van der Waals surface area contributed by atoms with Crippen LogP contribution in [0.3, 0.4) is 0 Å². The first-order chi connectivity index (χ1) is 8.20. The van der Waals surface area contributed by atoms with E-state index in [0.29, 0.717) is 0 Å². The van der Waals surface area contributed by atoms with Crippen LogP contribution in [-0.4, -0.2) is 16.5 Å². The molecule has 4 heteroatoms. The molecule has 0 radical (unpaired) electrons. The van der Waals surface area contributed by atoms with Crippen LogP contribution in [0.1, 0.15) is 18.4 Å². The Morgan fingerprint density at radius 1 is 1.41 bits per heavy atom. The van der Waals surface area contributed by atoms with E-state index in [0.717, 1.165) is 40.9 Å². The van der Waals surface area contributed by atoms with E-state index in [1.165, 1.54) is 0 Å². The van der Waals surface area contributed by atoms with Crippen molar-refractivity contribution in [3.8, 4) is 11.3 Å². The molecule has 1 heterocycles. The van der Waals surface area contributed by atoms with Gasteiger partial charge in [-0.25, -0.2) is 4.98 Å². The molecule has 0 amide bonds. The SMILES string of the molecule is CCNCc1nc(-c2cccc(Cl)c2)c(C)[nH]1. The number of aryl methyl sites for hydroxylation is 1. The van der Waals surface area contributed by atoms with Crippen molar-refractivity contribution in [2.45, 2.75) is 20.4 Å². The molecule has 0 saturated carbocycles. The fraction of sp³-hybridized carbons (Fsp3) is 0.308. The lowest BCUT2D eigenvalue weighted by Crippen LogP contribution is -2.12. The van der Waals surface area contributed by atoms with Crippen LogP contribution in [0.4, 0.5) is 0 Å². The van der Waals surface area contributed by atoms with Crippen molar-refractivity contribution in [1.29, 1.82) is 0 Å². The Kier molecular flexibility index (Phi) is 3.82. The summed E-state index contributed by atoms with van der Waals surface area (Å²) in [7, 11) is 0. The average Bonchev–Trinajstić information content (AvgIpc) is 2.68. The summed E-state index contributed by atoms with van der Waals surface area (Å²) in [6, 6.07) is 7.76. The van der Waals surface area contributed by atoms with Gasteiger partial charge in [-0.1, -0.05) is 30.7 Å². The van der Waals surface area contributed by atoms with Gasteiger partial charge in [0.1, 0.15) is 5.82 Å². The van der Waals surface area contributed by atoms with Gasteiger partial charge < -0.3 is 10.3 Å². The van der Waals surface area contributed by atoms with Crippen LogP contribution in [0, 0.1) is 6.92 Å². The zero-order valence-electron chi connectivity index (χ0n) is 10.0. The van der Waals surface area contributed by atoms with E-state index >= 15 is 0 Å². The molecule has 0 aliphatic carbocycles. The van der Waals surface area contributed by atoms with Crippen molar-refractivity contribution >= 4 is 11.6 Å². The van der Waals surface area contributed by atoms with E-state index < -0.39 is 0 Å². The van der Waals surface area contributed by atoms with Crippen molar-refractivity contribution in [3.05, 3.63) is 40.8 Å². The molecule has 0 aliphatic heterocycles. The smallest absolute Gasteiger partial charge is 0.121 e. The summed E-state index contributed by atoms with van der Waals surface area (Å²) in [4.78, 5) is 7.86. The Morgan fingerprint density at radius 2 is 2.24 bits per heavy atom. The van der Waals surface area contributed by atoms with Crippen LogP contribution < -0.4 is 5.32 Å². The Bertz CT molecular complexity index is 505. The third kappa shape index (κ3) is 2.87. The predicted octanol–water partition coefficient (Wildman–Crippen LogP) is 3.15. The number of aromatic amines is 1. The molecule has 0 spiro atoms. The van der Waals surface area contributed by atoms with Gasteiger partial charge in [-0.05, 0) is 25.6 Å². The maximum absolute atomic E-state index is 5.99. The van der Waals surface area contributed by atoms with Crippen LogP contribution in [0.5, 0.6) is 0 Å². The molecule has 1 aromatic heterocycles. The maximum Gasteiger partial charge on any atom is 0.121 e. The fourth-order valence-electron chi connectivity index (χ4n) is 1.77. The molecular formula is C13H16ClN3. The lowest BCUT2D eigenvalue weighted by atomic mass is 10.1. The molecule has 0 aliphatic rings. The van der Waals surface area contributed by atoms with Crippen LogP contribution in [0.15, 0.2) is 24.3 Å². The Balaban J connectivity index is 2.29. The minimum absolute atomic E-state index is 0.734. The maximum atomic E-state index is 5.99. The van der Waals surface area contributed by atoms with Gasteiger partial charge in [0, 0.05) is 16.3 Å². The minimum atomic E-state index is 0.734. The predicted molar refractivity (Wildman–Crippen MR) is 71.2 cm³/mol. The van der Waals surface area contributed by atoms with Gasteiger partial charge in [-0.3, -0.25) is 0 Å². The first kappa shape index (κ1) is 12.1. The van der Waals surface area contributed by atoms with Crippen LogP contribution in [-0.2, 0) is 6.54 Å². The van der Waals surface area contributed by atoms with E-state index in [1.54, 1.807) is 0 Å². The summed E-state index contributed by atoms with van der Waals surface area (Å²) in [5.74, 6) is 0.958. The highest BCUT2D eigenvalue weighted by Crippen LogP contribution is 2.23. The second-order valence-corrected chi connectivity index (χ2v) is 4.38. The molecule has 0 unspecified atom stereocenters. The molecular weight excluding hydrogens is 234 g/mol. The third-order valence-corrected chi connectivity index (χ3v) is 2.81. The largest absolute Gasteiger partial charge is 0.344 e. The van der Waals surface area contributed by atoms with E-state index in [-0.39, 0.29) is 0 Å². The fourth-order valence-corrected chi connectivity index (χ4v) is 1.96. The Morgan fingerprint density at radius 3 is 2.94 bits per heavy atom. The molecule has 0 saturated heterocycles. The van der Waals surface area contributed by atoms with Gasteiger partial charge in [0.05, 0.1) is 12.2 Å². The highest BCUT2D eigenvalue weighted by atomic mass is 35.5. The third-order valence-electron chi connectivity index (χ3n) is 2.57. The molecule has 17 heavy (non-hydrogen) atoms. The molecule has 3 nitrogen and oxygen atoms in total. The van der Waals surface area contributed by atoms with Gasteiger partial charge in [0.2, 0.25) is 0 Å². The highest BCUT2D eigenvalue weighted by Gasteiger charge is 2.08. The zero-order valence-corrected chi connectivity index (χ0v) is 10.8. The molecule has 0 bridgehead atoms. The number of H-pyrrole nitrogens is 1. The molecule has 2 aromatic rings. The molecule has 0 fully saturated rings. The summed E-state index contributed by atoms with van der Waals surface area (Å²) in [6.07, 6.45) is 0. The summed E-state index contributed by atoms with van der Waals surface area (Å²) in [6.45, 7) is 5.80. The van der Waals surface area contributed by atoms with Gasteiger partial charge in [0.15, 0.2) is 0 Å². The lowest BCUT2D eigenvalue weighted by Gasteiger charge is -1.98. The number of halogens is 1. The van der Waals surface area contributed by atoms with E-state index in [1.807, 2.05) is 31.2 Å². The molecule has 1 aromatic carbocycles. The number of aromatic nitrogens is 2. The first-order valence-corrected chi connectivity index (χ1v) is 6.10. The number of imidazole rings is 1. The van der Waals surface area contributed by atoms with E-state index in [9.17, 15) is 0 Å². The summed E-state index contributed by atoms with van der Waals surface area (Å²) in [5.41, 5.74) is 3.09. The standard InChI is InChI=1S/C13H16ClN3/c1-3-15-8-12-16-9(2)13(17-12)10-5-4-6-11(14)7-10/h4-7,15H,3,8H2,1-2H3,(H,16,17). The molecule has 90 valence electrons. The quantitative estimate of drug-likeness (QED) is 0.874. The van der Waals surface area contributed by atoms with E-state index in [4.69, 9.17) is 11.6 Å². The Labute approximate surface area is 106 Å².